The maximum Gasteiger partial charge on any atom is 0.265 e. The zero-order chi connectivity index (χ0) is 17.5. The number of thiazole rings is 1. The Kier molecular flexibility index (Phi) is 6.14. The lowest BCUT2D eigenvalue weighted by atomic mass is 10.2. The molecule has 0 aliphatic heterocycles. The summed E-state index contributed by atoms with van der Waals surface area (Å²) >= 11 is 1.54. The molecule has 8 heteroatoms. The number of amides is 1. The second-order valence-corrected chi connectivity index (χ2v) is 6.20. The summed E-state index contributed by atoms with van der Waals surface area (Å²) in [6.45, 7) is 3.60. The van der Waals surface area contributed by atoms with E-state index in [-0.39, 0.29) is 18.3 Å². The fourth-order valence-corrected chi connectivity index (χ4v) is 2.60. The predicted molar refractivity (Wildman–Crippen MR) is 94.5 cm³/mol. The number of carbonyl (C=O) groups excluding carboxylic acids is 1. The highest BCUT2D eigenvalue weighted by Gasteiger charge is 2.09. The topological polar surface area (TPSA) is 98.8 Å². The van der Waals surface area contributed by atoms with Gasteiger partial charge in [0, 0.05) is 5.38 Å². The van der Waals surface area contributed by atoms with E-state index in [1.54, 1.807) is 24.5 Å². The van der Waals surface area contributed by atoms with Crippen LogP contribution in [0.2, 0.25) is 0 Å². The summed E-state index contributed by atoms with van der Waals surface area (Å²) in [5.74, 6) is 0.497. The standard InChI is InChI=1S/C16H20N4O3S/c1-10-4-5-14(22-3)13(6-10)19-16(21)8-23-20-15(17)7-12-9-24-11(2)18-12/h4-6,9H,7-8H2,1-3H3,(H2,17,20)(H,19,21). The Morgan fingerprint density at radius 3 is 2.88 bits per heavy atom. The monoisotopic (exact) mass is 348 g/mol. The quantitative estimate of drug-likeness (QED) is 0.454. The number of carbonyl (C=O) groups is 1. The first-order valence-electron chi connectivity index (χ1n) is 7.27. The molecule has 0 unspecified atom stereocenters. The van der Waals surface area contributed by atoms with E-state index in [1.807, 2.05) is 31.4 Å². The maximum atomic E-state index is 11.9. The molecule has 0 bridgehead atoms. The third-order valence-electron chi connectivity index (χ3n) is 3.04. The van der Waals surface area contributed by atoms with Crippen LogP contribution in [0.4, 0.5) is 5.69 Å². The average Bonchev–Trinajstić information content (AvgIpc) is 2.92. The Morgan fingerprint density at radius 2 is 2.21 bits per heavy atom. The van der Waals surface area contributed by atoms with Crippen molar-refractivity contribution in [3.8, 4) is 5.75 Å². The van der Waals surface area contributed by atoms with Crippen LogP contribution in [0.5, 0.6) is 5.75 Å². The molecule has 0 spiro atoms. The van der Waals surface area contributed by atoms with Crippen LogP contribution in [0.15, 0.2) is 28.7 Å². The first-order valence-corrected chi connectivity index (χ1v) is 8.15. The van der Waals surface area contributed by atoms with Crippen LogP contribution < -0.4 is 15.8 Å². The summed E-state index contributed by atoms with van der Waals surface area (Å²) in [6, 6.07) is 5.51. The minimum Gasteiger partial charge on any atom is -0.495 e. The van der Waals surface area contributed by atoms with E-state index in [2.05, 4.69) is 15.5 Å². The van der Waals surface area contributed by atoms with E-state index in [0.717, 1.165) is 16.3 Å². The number of aromatic nitrogens is 1. The predicted octanol–water partition coefficient (Wildman–Crippen LogP) is 2.24. The molecule has 0 fully saturated rings. The zero-order valence-electron chi connectivity index (χ0n) is 13.8. The number of nitrogens with one attached hydrogen (secondary N) is 1. The lowest BCUT2D eigenvalue weighted by Gasteiger charge is -2.10. The van der Waals surface area contributed by atoms with Crippen LogP contribution in [-0.4, -0.2) is 30.4 Å². The molecule has 2 aromatic rings. The molecule has 128 valence electrons. The summed E-state index contributed by atoms with van der Waals surface area (Å²) in [7, 11) is 1.54. The number of oxime groups is 1. The fraction of sp³-hybridized carbons (Fsp3) is 0.312. The lowest BCUT2D eigenvalue weighted by molar-refractivity contribution is -0.120. The molecule has 3 N–H and O–H groups in total. The summed E-state index contributed by atoms with van der Waals surface area (Å²) in [5.41, 5.74) is 8.18. The number of nitrogens with zero attached hydrogens (tertiary/aromatic N) is 2. The second kappa shape index (κ2) is 8.30. The number of amidine groups is 1. The van der Waals surface area contributed by atoms with E-state index in [0.29, 0.717) is 17.9 Å². The van der Waals surface area contributed by atoms with Crippen molar-refractivity contribution >= 4 is 28.8 Å². The summed E-state index contributed by atoms with van der Waals surface area (Å²) in [5, 5.41) is 9.33. The van der Waals surface area contributed by atoms with Gasteiger partial charge in [0.2, 0.25) is 0 Å². The van der Waals surface area contributed by atoms with Gasteiger partial charge in [-0.15, -0.1) is 11.3 Å². The van der Waals surface area contributed by atoms with E-state index in [9.17, 15) is 4.79 Å². The van der Waals surface area contributed by atoms with Crippen molar-refractivity contribution in [3.63, 3.8) is 0 Å². The Balaban J connectivity index is 1.84. The number of rotatable bonds is 7. The fourth-order valence-electron chi connectivity index (χ4n) is 1.99. The molecular weight excluding hydrogens is 328 g/mol. The minimum absolute atomic E-state index is 0.242. The molecule has 0 saturated heterocycles. The zero-order valence-corrected chi connectivity index (χ0v) is 14.6. The highest BCUT2D eigenvalue weighted by molar-refractivity contribution is 7.09. The Labute approximate surface area is 144 Å². The molecule has 0 saturated carbocycles. The van der Waals surface area contributed by atoms with Gasteiger partial charge < -0.3 is 20.6 Å². The van der Waals surface area contributed by atoms with Gasteiger partial charge in [0.25, 0.3) is 5.91 Å². The van der Waals surface area contributed by atoms with E-state index in [1.165, 1.54) is 0 Å². The van der Waals surface area contributed by atoms with Crippen LogP contribution in [0.25, 0.3) is 0 Å². The molecule has 0 radical (unpaired) electrons. The van der Waals surface area contributed by atoms with Gasteiger partial charge in [-0.05, 0) is 31.5 Å². The second-order valence-electron chi connectivity index (χ2n) is 5.14. The number of hydrogen-bond donors (Lipinski definition) is 2. The van der Waals surface area contributed by atoms with Gasteiger partial charge in [0.1, 0.15) is 11.6 Å². The number of nitrogens with two attached hydrogens (primary N) is 1. The Bertz CT molecular complexity index is 743. The van der Waals surface area contributed by atoms with Crippen LogP contribution in [0, 0.1) is 13.8 Å². The first-order chi connectivity index (χ1) is 11.5. The Hall–Kier alpha value is -2.61. The van der Waals surface area contributed by atoms with Crippen molar-refractivity contribution in [3.05, 3.63) is 39.8 Å². The summed E-state index contributed by atoms with van der Waals surface area (Å²) in [4.78, 5) is 21.2. The highest BCUT2D eigenvalue weighted by atomic mass is 32.1. The molecule has 1 heterocycles. The van der Waals surface area contributed by atoms with Crippen LogP contribution in [0.1, 0.15) is 16.3 Å². The third-order valence-corrected chi connectivity index (χ3v) is 3.86. The smallest absolute Gasteiger partial charge is 0.265 e. The number of ether oxygens (including phenoxy) is 1. The van der Waals surface area contributed by atoms with Gasteiger partial charge in [-0.1, -0.05) is 11.2 Å². The number of aryl methyl sites for hydroxylation is 2. The molecule has 1 aromatic carbocycles. The Morgan fingerprint density at radius 1 is 1.42 bits per heavy atom. The molecule has 0 aliphatic carbocycles. The van der Waals surface area contributed by atoms with Crippen molar-refractivity contribution in [2.75, 3.05) is 19.0 Å². The van der Waals surface area contributed by atoms with Crippen molar-refractivity contribution in [1.82, 2.24) is 4.98 Å². The highest BCUT2D eigenvalue weighted by Crippen LogP contribution is 2.24. The molecule has 2 rings (SSSR count). The van der Waals surface area contributed by atoms with Crippen LogP contribution in [0.3, 0.4) is 0 Å². The van der Waals surface area contributed by atoms with E-state index in [4.69, 9.17) is 15.3 Å². The minimum atomic E-state index is -0.347. The van der Waals surface area contributed by atoms with Gasteiger partial charge in [0.15, 0.2) is 6.61 Å². The van der Waals surface area contributed by atoms with Gasteiger partial charge in [-0.25, -0.2) is 4.98 Å². The normalized spacial score (nSPS) is 11.2. The summed E-state index contributed by atoms with van der Waals surface area (Å²) in [6.07, 6.45) is 0.387. The van der Waals surface area contributed by atoms with Gasteiger partial charge in [-0.3, -0.25) is 4.79 Å². The van der Waals surface area contributed by atoms with E-state index < -0.39 is 0 Å². The number of methoxy groups -OCH3 is 1. The van der Waals surface area contributed by atoms with Crippen molar-refractivity contribution < 1.29 is 14.4 Å². The van der Waals surface area contributed by atoms with Crippen LogP contribution >= 0.6 is 11.3 Å². The molecular formula is C16H20N4O3S. The SMILES string of the molecule is COc1ccc(C)cc1NC(=O)CO/N=C(/N)Cc1csc(C)n1. The van der Waals surface area contributed by atoms with Crippen molar-refractivity contribution in [2.45, 2.75) is 20.3 Å². The van der Waals surface area contributed by atoms with Crippen molar-refractivity contribution in [1.29, 1.82) is 0 Å². The first kappa shape index (κ1) is 17.7. The molecule has 24 heavy (non-hydrogen) atoms. The molecule has 1 amide bonds. The molecule has 0 aliphatic rings. The average molecular weight is 348 g/mol. The molecule has 1 aromatic heterocycles. The largest absolute Gasteiger partial charge is 0.495 e. The lowest BCUT2D eigenvalue weighted by Crippen LogP contribution is -2.20. The number of anilines is 1. The van der Waals surface area contributed by atoms with Crippen LogP contribution in [-0.2, 0) is 16.1 Å². The third kappa shape index (κ3) is 5.24. The molecule has 7 nitrogen and oxygen atoms in total. The van der Waals surface area contributed by atoms with Gasteiger partial charge >= 0.3 is 0 Å². The number of benzene rings is 1. The maximum absolute atomic E-state index is 11.9. The van der Waals surface area contributed by atoms with Gasteiger partial charge in [-0.2, -0.15) is 0 Å². The number of hydrogen-bond acceptors (Lipinski definition) is 6. The van der Waals surface area contributed by atoms with E-state index >= 15 is 0 Å². The van der Waals surface area contributed by atoms with Gasteiger partial charge in [0.05, 0.1) is 29.9 Å². The molecule has 0 atom stereocenters. The summed E-state index contributed by atoms with van der Waals surface area (Å²) < 4.78 is 5.20. The van der Waals surface area contributed by atoms with Crippen molar-refractivity contribution in [2.24, 2.45) is 10.9 Å².